The third-order valence-electron chi connectivity index (χ3n) is 5.91. The normalized spacial score (nSPS) is 23.4. The Morgan fingerprint density at radius 1 is 1.00 bits per heavy atom. The molecule has 166 valence electrons. The lowest BCUT2D eigenvalue weighted by molar-refractivity contribution is -0.137. The van der Waals surface area contributed by atoms with Crippen LogP contribution in [-0.2, 0) is 19.6 Å². The molecule has 0 aliphatic carbocycles. The Morgan fingerprint density at radius 3 is 2.40 bits per heavy atom. The summed E-state index contributed by atoms with van der Waals surface area (Å²) in [6, 6.07) is 8.29. The molecule has 0 radical (unpaired) electrons. The Hall–Kier alpha value is -1.97. The number of amides is 2. The van der Waals surface area contributed by atoms with Crippen molar-refractivity contribution in [1.29, 1.82) is 0 Å². The van der Waals surface area contributed by atoms with Crippen LogP contribution in [0.2, 0.25) is 0 Å². The molecule has 0 bridgehead atoms. The van der Waals surface area contributed by atoms with Crippen LogP contribution in [0.3, 0.4) is 0 Å². The Bertz CT molecular complexity index is 823. The first-order valence-corrected chi connectivity index (χ1v) is 12.1. The largest absolute Gasteiger partial charge is 0.356 e. The second kappa shape index (κ2) is 10.4. The smallest absolute Gasteiger partial charge is 0.243 e. The van der Waals surface area contributed by atoms with Crippen molar-refractivity contribution in [3.8, 4) is 0 Å². The number of carbonyl (C=O) groups excluding carboxylic acids is 2. The maximum atomic E-state index is 13.1. The minimum absolute atomic E-state index is 0.114. The van der Waals surface area contributed by atoms with Gasteiger partial charge in [0.2, 0.25) is 21.8 Å². The maximum Gasteiger partial charge on any atom is 0.243 e. The van der Waals surface area contributed by atoms with Crippen LogP contribution in [-0.4, -0.2) is 87.2 Å². The first kappa shape index (κ1) is 22.7. The number of hydrogen-bond donors (Lipinski definition) is 1. The van der Waals surface area contributed by atoms with E-state index in [-0.39, 0.29) is 35.6 Å². The van der Waals surface area contributed by atoms with Crippen LogP contribution < -0.4 is 5.32 Å². The predicted octanol–water partition coefficient (Wildman–Crippen LogP) is 0.758. The molecule has 1 unspecified atom stereocenters. The Kier molecular flexibility index (Phi) is 7.85. The average Bonchev–Trinajstić information content (AvgIpc) is 2.79. The monoisotopic (exact) mass is 436 g/mol. The second-order valence-corrected chi connectivity index (χ2v) is 10.0. The van der Waals surface area contributed by atoms with Gasteiger partial charge in [-0.05, 0) is 38.4 Å². The summed E-state index contributed by atoms with van der Waals surface area (Å²) in [7, 11) is -1.63. The first-order valence-electron chi connectivity index (χ1n) is 10.7. The van der Waals surface area contributed by atoms with Crippen LogP contribution >= 0.6 is 0 Å². The number of likely N-dealkylation sites (N-methyl/N-ethyl adjacent to an activating group) is 1. The highest BCUT2D eigenvalue weighted by Gasteiger charge is 2.29. The van der Waals surface area contributed by atoms with Gasteiger partial charge in [-0.2, -0.15) is 4.31 Å². The number of nitrogens with one attached hydrogen (secondary N) is 1. The molecule has 3 rings (SSSR count). The molecule has 0 aromatic heterocycles. The van der Waals surface area contributed by atoms with Crippen molar-refractivity contribution < 1.29 is 18.0 Å². The van der Waals surface area contributed by atoms with Gasteiger partial charge in [0.15, 0.2) is 0 Å². The van der Waals surface area contributed by atoms with Gasteiger partial charge in [0, 0.05) is 58.2 Å². The summed E-state index contributed by atoms with van der Waals surface area (Å²) in [5.74, 6) is -0.266. The van der Waals surface area contributed by atoms with Gasteiger partial charge >= 0.3 is 0 Å². The highest BCUT2D eigenvalue weighted by atomic mass is 32.2. The molecule has 2 amide bonds. The van der Waals surface area contributed by atoms with Crippen molar-refractivity contribution in [2.45, 2.75) is 30.6 Å². The highest BCUT2D eigenvalue weighted by molar-refractivity contribution is 7.89. The lowest BCUT2D eigenvalue weighted by Gasteiger charge is -2.34. The summed E-state index contributed by atoms with van der Waals surface area (Å²) in [5, 5.41) is 2.85. The molecule has 1 aromatic rings. The number of sulfonamides is 1. The maximum absolute atomic E-state index is 13.1. The van der Waals surface area contributed by atoms with E-state index < -0.39 is 10.0 Å². The molecule has 1 aromatic carbocycles. The fraction of sp³-hybridized carbons (Fsp3) is 0.619. The van der Waals surface area contributed by atoms with E-state index >= 15 is 0 Å². The lowest BCUT2D eigenvalue weighted by Crippen LogP contribution is -2.49. The van der Waals surface area contributed by atoms with E-state index in [4.69, 9.17) is 0 Å². The van der Waals surface area contributed by atoms with Crippen LogP contribution in [0.5, 0.6) is 0 Å². The summed E-state index contributed by atoms with van der Waals surface area (Å²) >= 11 is 0. The first-order chi connectivity index (χ1) is 14.4. The number of piperazine rings is 1. The lowest BCUT2D eigenvalue weighted by atomic mass is 9.97. The minimum Gasteiger partial charge on any atom is -0.356 e. The van der Waals surface area contributed by atoms with Crippen molar-refractivity contribution in [3.05, 3.63) is 30.3 Å². The van der Waals surface area contributed by atoms with Crippen LogP contribution in [0, 0.1) is 5.92 Å². The van der Waals surface area contributed by atoms with Gasteiger partial charge in [-0.3, -0.25) is 9.59 Å². The highest BCUT2D eigenvalue weighted by Crippen LogP contribution is 2.21. The molecule has 30 heavy (non-hydrogen) atoms. The van der Waals surface area contributed by atoms with Crippen LogP contribution in [0.1, 0.15) is 25.7 Å². The van der Waals surface area contributed by atoms with Crippen molar-refractivity contribution in [3.63, 3.8) is 0 Å². The Morgan fingerprint density at radius 2 is 1.70 bits per heavy atom. The molecule has 1 atom stereocenters. The fourth-order valence-electron chi connectivity index (χ4n) is 3.98. The van der Waals surface area contributed by atoms with Gasteiger partial charge in [-0.25, -0.2) is 8.42 Å². The molecule has 2 heterocycles. The van der Waals surface area contributed by atoms with Crippen LogP contribution in [0.25, 0.3) is 0 Å². The van der Waals surface area contributed by atoms with E-state index in [0.29, 0.717) is 45.4 Å². The zero-order chi connectivity index (χ0) is 21.6. The fourth-order valence-corrected chi connectivity index (χ4v) is 5.48. The summed E-state index contributed by atoms with van der Waals surface area (Å²) in [6.07, 6.45) is 1.90. The molecule has 9 heteroatoms. The Balaban J connectivity index is 1.70. The quantitative estimate of drug-likeness (QED) is 0.756. The molecule has 2 fully saturated rings. The Labute approximate surface area is 179 Å². The van der Waals surface area contributed by atoms with Gasteiger partial charge in [-0.15, -0.1) is 0 Å². The van der Waals surface area contributed by atoms with E-state index in [0.717, 1.165) is 13.1 Å². The van der Waals surface area contributed by atoms with Crippen molar-refractivity contribution in [2.75, 3.05) is 52.9 Å². The second-order valence-electron chi connectivity index (χ2n) is 8.07. The number of nitrogens with zero attached hydrogens (tertiary/aromatic N) is 3. The number of benzene rings is 1. The summed E-state index contributed by atoms with van der Waals surface area (Å²) in [4.78, 5) is 29.6. The number of hydrogen-bond acceptors (Lipinski definition) is 5. The zero-order valence-corrected chi connectivity index (χ0v) is 18.4. The summed E-state index contributed by atoms with van der Waals surface area (Å²) in [5.41, 5.74) is 0. The van der Waals surface area contributed by atoms with Gasteiger partial charge in [0.25, 0.3) is 0 Å². The molecular formula is C21H32N4O4S. The van der Waals surface area contributed by atoms with Crippen LogP contribution in [0.4, 0.5) is 0 Å². The third kappa shape index (κ3) is 5.80. The molecule has 2 aliphatic rings. The predicted molar refractivity (Wildman–Crippen MR) is 114 cm³/mol. The molecular weight excluding hydrogens is 404 g/mol. The summed E-state index contributed by atoms with van der Waals surface area (Å²) < 4.78 is 27.5. The molecule has 1 N–H and O–H groups in total. The van der Waals surface area contributed by atoms with E-state index in [9.17, 15) is 18.0 Å². The topological polar surface area (TPSA) is 90.0 Å². The average molecular weight is 437 g/mol. The van der Waals surface area contributed by atoms with E-state index in [1.807, 2.05) is 11.9 Å². The molecule has 2 aliphatic heterocycles. The van der Waals surface area contributed by atoms with E-state index in [1.54, 1.807) is 30.3 Å². The zero-order valence-electron chi connectivity index (χ0n) is 17.6. The van der Waals surface area contributed by atoms with Gasteiger partial charge in [0.1, 0.15) is 0 Å². The molecule has 0 spiro atoms. The molecule has 2 saturated heterocycles. The van der Waals surface area contributed by atoms with Crippen LogP contribution in [0.15, 0.2) is 35.2 Å². The molecule has 0 saturated carbocycles. The summed E-state index contributed by atoms with van der Waals surface area (Å²) in [6.45, 7) is 4.03. The number of rotatable bonds is 3. The van der Waals surface area contributed by atoms with Gasteiger partial charge < -0.3 is 15.1 Å². The third-order valence-corrected chi connectivity index (χ3v) is 7.82. The van der Waals surface area contributed by atoms with E-state index in [2.05, 4.69) is 10.2 Å². The van der Waals surface area contributed by atoms with Crippen molar-refractivity contribution in [1.82, 2.24) is 19.4 Å². The van der Waals surface area contributed by atoms with E-state index in [1.165, 1.54) is 4.31 Å². The SMILES string of the molecule is CN1CCN(C(=O)C2CCCN(S(=O)(=O)c3ccccc3)CCC(=O)NCC2)CC1. The van der Waals surface area contributed by atoms with Crippen molar-refractivity contribution >= 4 is 21.8 Å². The standard InChI is InChI=1S/C21H32N4O4S/c1-23-14-16-24(17-15-23)21(27)18-6-5-12-25(13-10-20(26)22-11-9-18)30(28,29)19-7-3-2-4-8-19/h2-4,7-8,18H,5-6,9-17H2,1H3,(H,22,26). The molecule has 8 nitrogen and oxygen atoms in total. The van der Waals surface area contributed by atoms with Gasteiger partial charge in [-0.1, -0.05) is 18.2 Å². The number of carbonyl (C=O) groups is 2. The minimum atomic E-state index is -3.68. The van der Waals surface area contributed by atoms with Crippen molar-refractivity contribution in [2.24, 2.45) is 5.92 Å². The van der Waals surface area contributed by atoms with Gasteiger partial charge in [0.05, 0.1) is 4.90 Å².